The Hall–Kier alpha value is -3.65. The van der Waals surface area contributed by atoms with E-state index < -0.39 is 0 Å². The van der Waals surface area contributed by atoms with Crippen molar-refractivity contribution >= 4 is 39.2 Å². The van der Waals surface area contributed by atoms with Crippen LogP contribution in [0.4, 0.5) is 5.82 Å². The molecule has 8 heteroatoms. The number of hydrogen-bond donors (Lipinski definition) is 3. The van der Waals surface area contributed by atoms with Gasteiger partial charge < -0.3 is 15.4 Å². The second-order valence-electron chi connectivity index (χ2n) is 7.17. The van der Waals surface area contributed by atoms with Crippen molar-refractivity contribution < 1.29 is 14.3 Å². The number of benzene rings is 2. The molecule has 7 nitrogen and oxygen atoms in total. The van der Waals surface area contributed by atoms with E-state index in [1.165, 1.54) is 11.3 Å². The van der Waals surface area contributed by atoms with Crippen LogP contribution in [0.1, 0.15) is 26.4 Å². The van der Waals surface area contributed by atoms with E-state index in [4.69, 9.17) is 4.74 Å². The van der Waals surface area contributed by atoms with Gasteiger partial charge in [0.25, 0.3) is 5.91 Å². The Morgan fingerprint density at radius 3 is 2.71 bits per heavy atom. The van der Waals surface area contributed by atoms with Gasteiger partial charge in [0.2, 0.25) is 5.91 Å². The average Bonchev–Trinajstić information content (AvgIpc) is 3.34. The zero-order valence-electron chi connectivity index (χ0n) is 17.2. The molecule has 2 aromatic heterocycles. The van der Waals surface area contributed by atoms with E-state index in [-0.39, 0.29) is 18.2 Å². The topological polar surface area (TPSA) is 96.1 Å². The molecule has 0 spiro atoms. The number of H-pyrrole nitrogens is 1. The Bertz CT molecular complexity index is 1240. The van der Waals surface area contributed by atoms with Crippen LogP contribution < -0.4 is 15.4 Å². The predicted octanol–water partition coefficient (Wildman–Crippen LogP) is 4.05. The summed E-state index contributed by atoms with van der Waals surface area (Å²) in [5.74, 6) is 0.756. The van der Waals surface area contributed by atoms with Gasteiger partial charge in [0, 0.05) is 6.54 Å². The normalized spacial score (nSPS) is 10.8. The number of carbonyl (C=O) groups is 2. The molecule has 0 saturated carbocycles. The lowest BCUT2D eigenvalue weighted by atomic mass is 10.1. The molecule has 158 valence electrons. The molecule has 0 aliphatic heterocycles. The number of nitrogens with one attached hydrogen (secondary N) is 3. The molecule has 0 aliphatic rings. The van der Waals surface area contributed by atoms with Crippen molar-refractivity contribution in [1.29, 1.82) is 0 Å². The maximum Gasteiger partial charge on any atom is 0.261 e. The van der Waals surface area contributed by atoms with Gasteiger partial charge in [-0.1, -0.05) is 42.0 Å². The highest BCUT2D eigenvalue weighted by molar-refractivity contribution is 7.20. The van der Waals surface area contributed by atoms with E-state index in [1.807, 2.05) is 55.5 Å². The number of ether oxygens (including phenoxy) is 1. The van der Waals surface area contributed by atoms with Gasteiger partial charge in [0.15, 0.2) is 5.82 Å². The van der Waals surface area contributed by atoms with Crippen LogP contribution in [0.25, 0.3) is 10.2 Å². The molecule has 0 unspecified atom stereocenters. The van der Waals surface area contributed by atoms with Crippen molar-refractivity contribution in [3.63, 3.8) is 0 Å². The Morgan fingerprint density at radius 2 is 1.90 bits per heavy atom. The van der Waals surface area contributed by atoms with Crippen LogP contribution in [0.2, 0.25) is 0 Å². The van der Waals surface area contributed by atoms with Gasteiger partial charge in [-0.05, 0) is 36.2 Å². The molecule has 31 heavy (non-hydrogen) atoms. The Morgan fingerprint density at radius 1 is 1.10 bits per heavy atom. The van der Waals surface area contributed by atoms with Gasteiger partial charge in [-0.2, -0.15) is 5.10 Å². The van der Waals surface area contributed by atoms with Gasteiger partial charge >= 0.3 is 0 Å². The Balaban J connectivity index is 1.42. The smallest absolute Gasteiger partial charge is 0.261 e. The summed E-state index contributed by atoms with van der Waals surface area (Å²) in [6.45, 7) is 2.47. The van der Waals surface area contributed by atoms with Crippen LogP contribution >= 0.6 is 11.3 Å². The summed E-state index contributed by atoms with van der Waals surface area (Å²) in [6.07, 6.45) is 0.194. The van der Waals surface area contributed by atoms with Crippen molar-refractivity contribution in [1.82, 2.24) is 15.5 Å². The van der Waals surface area contributed by atoms with Crippen molar-refractivity contribution in [3.8, 4) is 5.75 Å². The molecule has 3 N–H and O–H groups in total. The second-order valence-corrected chi connectivity index (χ2v) is 8.23. The maximum absolute atomic E-state index is 12.6. The van der Waals surface area contributed by atoms with E-state index in [2.05, 4.69) is 20.8 Å². The third-order valence-electron chi connectivity index (χ3n) is 4.77. The number of rotatable bonds is 7. The van der Waals surface area contributed by atoms with Crippen molar-refractivity contribution in [2.24, 2.45) is 0 Å². The van der Waals surface area contributed by atoms with Crippen molar-refractivity contribution in [2.75, 3.05) is 12.4 Å². The van der Waals surface area contributed by atoms with Crippen LogP contribution in [0, 0.1) is 6.92 Å². The van der Waals surface area contributed by atoms with Crippen molar-refractivity contribution in [3.05, 3.63) is 76.2 Å². The molecule has 0 radical (unpaired) electrons. The van der Waals surface area contributed by atoms with Crippen LogP contribution in [-0.4, -0.2) is 29.1 Å². The van der Waals surface area contributed by atoms with Gasteiger partial charge in [-0.3, -0.25) is 14.7 Å². The first-order chi connectivity index (χ1) is 15.0. The fraction of sp³-hybridized carbons (Fsp3) is 0.174. The first kappa shape index (κ1) is 20.6. The minimum atomic E-state index is -0.196. The summed E-state index contributed by atoms with van der Waals surface area (Å²) in [5.41, 5.74) is 3.03. The first-order valence-electron chi connectivity index (χ1n) is 9.76. The molecule has 4 aromatic rings. The summed E-state index contributed by atoms with van der Waals surface area (Å²) in [6, 6.07) is 17.1. The number of methoxy groups -OCH3 is 1. The van der Waals surface area contributed by atoms with E-state index in [9.17, 15) is 9.59 Å². The quantitative estimate of drug-likeness (QED) is 0.409. The van der Waals surface area contributed by atoms with Gasteiger partial charge in [0.1, 0.15) is 10.6 Å². The zero-order chi connectivity index (χ0) is 21.8. The predicted molar refractivity (Wildman–Crippen MR) is 122 cm³/mol. The highest BCUT2D eigenvalue weighted by Crippen LogP contribution is 2.29. The number of fused-ring (bicyclic) bond motifs is 1. The molecule has 0 saturated heterocycles. The summed E-state index contributed by atoms with van der Waals surface area (Å²) in [7, 11) is 1.59. The summed E-state index contributed by atoms with van der Waals surface area (Å²) in [5, 5.41) is 13.5. The lowest BCUT2D eigenvalue weighted by Gasteiger charge is -2.05. The van der Waals surface area contributed by atoms with Crippen LogP contribution in [0.3, 0.4) is 0 Å². The number of amides is 2. The minimum absolute atomic E-state index is 0.162. The molecule has 2 aromatic carbocycles. The molecule has 0 atom stereocenters. The number of nitrogens with zero attached hydrogens (tertiary/aromatic N) is 1. The van der Waals surface area contributed by atoms with E-state index in [1.54, 1.807) is 13.2 Å². The minimum Gasteiger partial charge on any atom is -0.497 e. The molecule has 0 aliphatic carbocycles. The number of aromatic nitrogens is 2. The highest BCUT2D eigenvalue weighted by atomic mass is 32.1. The monoisotopic (exact) mass is 434 g/mol. The Labute approximate surface area is 183 Å². The van der Waals surface area contributed by atoms with Crippen molar-refractivity contribution in [2.45, 2.75) is 19.9 Å². The van der Waals surface area contributed by atoms with Crippen LogP contribution in [0.15, 0.2) is 54.6 Å². The number of aromatic amines is 1. The number of anilines is 1. The van der Waals surface area contributed by atoms with Gasteiger partial charge in [0.05, 0.1) is 23.8 Å². The molecular formula is C23H22N4O3S. The fourth-order valence-corrected chi connectivity index (χ4v) is 4.18. The number of thiophene rings is 1. The molecule has 2 amide bonds. The summed E-state index contributed by atoms with van der Waals surface area (Å²) in [4.78, 5) is 26.3. The average molecular weight is 435 g/mol. The molecule has 0 fully saturated rings. The van der Waals surface area contributed by atoms with E-state index in [0.717, 1.165) is 21.5 Å². The molecule has 0 bridgehead atoms. The van der Waals surface area contributed by atoms with E-state index >= 15 is 0 Å². The molecular weight excluding hydrogens is 412 g/mol. The second kappa shape index (κ2) is 9.01. The SMILES string of the molecule is COc1cccc(CC(=O)Nc2n[nH]c3sc(C(=O)NCc4cccc(C)c4)cc23)c1. The van der Waals surface area contributed by atoms with Crippen LogP contribution in [0.5, 0.6) is 5.75 Å². The highest BCUT2D eigenvalue weighted by Gasteiger charge is 2.16. The Kier molecular flexibility index (Phi) is 5.99. The third-order valence-corrected chi connectivity index (χ3v) is 5.81. The first-order valence-corrected chi connectivity index (χ1v) is 10.6. The van der Waals surface area contributed by atoms with Crippen LogP contribution in [-0.2, 0) is 17.8 Å². The standard InChI is InChI=1S/C23H22N4O3S/c1-14-5-3-7-16(9-14)13-24-22(29)19-12-18-21(26-27-23(18)31-19)25-20(28)11-15-6-4-8-17(10-15)30-2/h3-10,12H,11,13H2,1-2H3,(H,24,29)(H2,25,26,27,28). The summed E-state index contributed by atoms with van der Waals surface area (Å²) < 4.78 is 5.19. The summed E-state index contributed by atoms with van der Waals surface area (Å²) >= 11 is 1.30. The number of carbonyl (C=O) groups excluding carboxylic acids is 2. The lowest BCUT2D eigenvalue weighted by Crippen LogP contribution is -2.21. The molecule has 4 rings (SSSR count). The van der Waals surface area contributed by atoms with Gasteiger partial charge in [-0.25, -0.2) is 0 Å². The zero-order valence-corrected chi connectivity index (χ0v) is 18.0. The molecule has 2 heterocycles. The maximum atomic E-state index is 12.6. The van der Waals surface area contributed by atoms with E-state index in [0.29, 0.717) is 28.4 Å². The third kappa shape index (κ3) is 4.92. The number of aryl methyl sites for hydroxylation is 1. The number of hydrogen-bond acceptors (Lipinski definition) is 5. The largest absolute Gasteiger partial charge is 0.497 e. The fourth-order valence-electron chi connectivity index (χ4n) is 3.26. The lowest BCUT2D eigenvalue weighted by molar-refractivity contribution is -0.115. The van der Waals surface area contributed by atoms with Gasteiger partial charge in [-0.15, -0.1) is 11.3 Å².